The predicted octanol–water partition coefficient (Wildman–Crippen LogP) is 1.68. The number of aromatic amines is 1. The van der Waals surface area contributed by atoms with Gasteiger partial charge in [0.05, 0.1) is 18.1 Å². The molecule has 18 heavy (non-hydrogen) atoms. The average Bonchev–Trinajstić information content (AvgIpc) is 2.37. The molecule has 7 heteroatoms. The van der Waals surface area contributed by atoms with E-state index in [1.807, 2.05) is 0 Å². The number of halogens is 1. The van der Waals surface area contributed by atoms with Crippen LogP contribution in [-0.4, -0.2) is 21.5 Å². The topological polar surface area (TPSA) is 90.4 Å². The van der Waals surface area contributed by atoms with E-state index in [2.05, 4.69) is 36.7 Å². The summed E-state index contributed by atoms with van der Waals surface area (Å²) < 4.78 is 0.312. The van der Waals surface area contributed by atoms with Crippen LogP contribution in [0.1, 0.15) is 5.56 Å². The van der Waals surface area contributed by atoms with E-state index < -0.39 is 0 Å². The molecule has 0 amide bonds. The van der Waals surface area contributed by atoms with Gasteiger partial charge >= 0.3 is 0 Å². The van der Waals surface area contributed by atoms with Crippen LogP contribution in [0.2, 0.25) is 0 Å². The lowest BCUT2D eigenvalue weighted by molar-refractivity contribution is 0.474. The molecular weight excluding hydrogens is 300 g/mol. The van der Waals surface area contributed by atoms with Crippen LogP contribution < -0.4 is 11.0 Å². The number of H-pyrrole nitrogens is 1. The number of nitrogens with one attached hydrogen (secondary N) is 2. The largest absolute Gasteiger partial charge is 0.507 e. The summed E-state index contributed by atoms with van der Waals surface area (Å²) in [4.78, 5) is 11.2. The number of phenols is 1. The summed E-state index contributed by atoms with van der Waals surface area (Å²) in [5.41, 5.74) is 3.31. The van der Waals surface area contributed by atoms with Gasteiger partial charge in [-0.25, -0.2) is 5.10 Å². The zero-order valence-electron chi connectivity index (χ0n) is 9.09. The van der Waals surface area contributed by atoms with Gasteiger partial charge in [-0.3, -0.25) is 10.2 Å². The van der Waals surface area contributed by atoms with Crippen molar-refractivity contribution in [1.82, 2.24) is 10.2 Å². The van der Waals surface area contributed by atoms with Gasteiger partial charge in [-0.1, -0.05) is 12.1 Å². The summed E-state index contributed by atoms with van der Waals surface area (Å²) in [6.07, 6.45) is 2.87. The molecule has 1 aromatic heterocycles. The molecule has 0 aliphatic heterocycles. The van der Waals surface area contributed by atoms with Crippen LogP contribution in [0.15, 0.2) is 44.8 Å². The minimum atomic E-state index is -0.349. The fraction of sp³-hybridized carbons (Fsp3) is 0. The van der Waals surface area contributed by atoms with Gasteiger partial charge in [-0.2, -0.15) is 10.2 Å². The number of aromatic nitrogens is 2. The number of benzene rings is 1. The Bertz CT molecular complexity index is 639. The Morgan fingerprint density at radius 1 is 1.44 bits per heavy atom. The van der Waals surface area contributed by atoms with Crippen molar-refractivity contribution in [3.8, 4) is 5.75 Å². The lowest BCUT2D eigenvalue weighted by atomic mass is 10.2. The molecule has 92 valence electrons. The minimum Gasteiger partial charge on any atom is -0.507 e. The molecule has 0 atom stereocenters. The maximum absolute atomic E-state index is 11.2. The number of rotatable bonds is 3. The van der Waals surface area contributed by atoms with Crippen molar-refractivity contribution >= 4 is 27.8 Å². The van der Waals surface area contributed by atoms with Crippen molar-refractivity contribution in [2.24, 2.45) is 5.10 Å². The smallest absolute Gasteiger partial charge is 0.280 e. The van der Waals surface area contributed by atoms with Gasteiger partial charge < -0.3 is 5.11 Å². The summed E-state index contributed by atoms with van der Waals surface area (Å²) >= 11 is 3.11. The van der Waals surface area contributed by atoms with Crippen molar-refractivity contribution in [2.75, 3.05) is 5.43 Å². The van der Waals surface area contributed by atoms with E-state index in [-0.39, 0.29) is 11.3 Å². The highest BCUT2D eigenvalue weighted by Crippen LogP contribution is 2.16. The predicted molar refractivity (Wildman–Crippen MR) is 71.9 cm³/mol. The van der Waals surface area contributed by atoms with E-state index >= 15 is 0 Å². The maximum atomic E-state index is 11.2. The van der Waals surface area contributed by atoms with E-state index in [0.717, 1.165) is 0 Å². The number of hydrogen-bond donors (Lipinski definition) is 3. The molecule has 2 rings (SSSR count). The molecule has 1 aromatic carbocycles. The molecule has 0 bridgehead atoms. The van der Waals surface area contributed by atoms with Crippen LogP contribution in [0.5, 0.6) is 5.75 Å². The molecule has 0 unspecified atom stereocenters. The zero-order chi connectivity index (χ0) is 13.0. The molecule has 2 aromatic rings. The molecule has 0 spiro atoms. The van der Waals surface area contributed by atoms with Gasteiger partial charge in [0.1, 0.15) is 10.2 Å². The van der Waals surface area contributed by atoms with Crippen LogP contribution in [0.3, 0.4) is 0 Å². The van der Waals surface area contributed by atoms with Crippen molar-refractivity contribution in [3.63, 3.8) is 0 Å². The number of anilines is 1. The Balaban J connectivity index is 2.15. The van der Waals surface area contributed by atoms with Crippen LogP contribution in [0.4, 0.5) is 5.69 Å². The first-order valence-corrected chi connectivity index (χ1v) is 5.78. The summed E-state index contributed by atoms with van der Waals surface area (Å²) in [6.45, 7) is 0. The Hall–Kier alpha value is -2.15. The number of para-hydroxylation sites is 1. The maximum Gasteiger partial charge on any atom is 0.280 e. The standard InChI is InChI=1S/C11H9BrN4O2/c12-10-8(6-14-16-11(10)18)15-13-5-7-3-1-2-4-9(7)17/h1-6,17H,(H2,15,16,18). The first-order chi connectivity index (χ1) is 8.68. The second kappa shape index (κ2) is 5.46. The van der Waals surface area contributed by atoms with Crippen molar-refractivity contribution in [3.05, 3.63) is 50.9 Å². The van der Waals surface area contributed by atoms with E-state index in [4.69, 9.17) is 0 Å². The number of phenolic OH excluding ortho intramolecular Hbond substituents is 1. The Morgan fingerprint density at radius 3 is 3.00 bits per heavy atom. The molecule has 3 N–H and O–H groups in total. The fourth-order valence-electron chi connectivity index (χ4n) is 1.23. The molecule has 0 radical (unpaired) electrons. The highest BCUT2D eigenvalue weighted by molar-refractivity contribution is 9.10. The summed E-state index contributed by atoms with van der Waals surface area (Å²) in [6, 6.07) is 6.78. The lowest BCUT2D eigenvalue weighted by Crippen LogP contribution is -2.10. The van der Waals surface area contributed by atoms with Crippen molar-refractivity contribution in [2.45, 2.75) is 0 Å². The summed E-state index contributed by atoms with van der Waals surface area (Å²) in [5, 5.41) is 19.3. The van der Waals surface area contributed by atoms with Crippen LogP contribution in [0.25, 0.3) is 0 Å². The van der Waals surface area contributed by atoms with Gasteiger partial charge in [0, 0.05) is 5.56 Å². The van der Waals surface area contributed by atoms with Gasteiger partial charge in [0.2, 0.25) is 0 Å². The second-order valence-corrected chi connectivity index (χ2v) is 4.15. The number of aromatic hydroxyl groups is 1. The zero-order valence-corrected chi connectivity index (χ0v) is 10.7. The Kier molecular flexibility index (Phi) is 3.73. The van der Waals surface area contributed by atoms with E-state index in [0.29, 0.717) is 15.7 Å². The Morgan fingerprint density at radius 2 is 2.22 bits per heavy atom. The average molecular weight is 309 g/mol. The molecule has 0 fully saturated rings. The van der Waals surface area contributed by atoms with Gasteiger partial charge in [-0.15, -0.1) is 0 Å². The SMILES string of the molecule is O=c1[nH]ncc(NN=Cc2ccccc2O)c1Br. The fourth-order valence-corrected chi connectivity index (χ4v) is 1.51. The van der Waals surface area contributed by atoms with E-state index in [9.17, 15) is 9.90 Å². The molecule has 0 saturated carbocycles. The first kappa shape index (κ1) is 12.3. The lowest BCUT2D eigenvalue weighted by Gasteiger charge is -2.01. The van der Waals surface area contributed by atoms with Crippen LogP contribution in [0, 0.1) is 0 Å². The number of hydrazone groups is 1. The monoisotopic (exact) mass is 308 g/mol. The first-order valence-electron chi connectivity index (χ1n) is 4.99. The third-order valence-electron chi connectivity index (χ3n) is 2.12. The molecule has 0 saturated heterocycles. The Labute approximate surface area is 110 Å². The van der Waals surface area contributed by atoms with Crippen LogP contribution >= 0.6 is 15.9 Å². The normalized spacial score (nSPS) is 10.7. The molecule has 0 aliphatic carbocycles. The molecule has 6 nitrogen and oxygen atoms in total. The molecule has 1 heterocycles. The summed E-state index contributed by atoms with van der Waals surface area (Å²) in [5.74, 6) is 0.131. The third-order valence-corrected chi connectivity index (χ3v) is 2.91. The van der Waals surface area contributed by atoms with Gasteiger partial charge in [-0.05, 0) is 28.1 Å². The van der Waals surface area contributed by atoms with E-state index in [1.165, 1.54) is 12.4 Å². The van der Waals surface area contributed by atoms with Gasteiger partial charge in [0.15, 0.2) is 0 Å². The van der Waals surface area contributed by atoms with E-state index in [1.54, 1.807) is 24.3 Å². The molecular formula is C11H9BrN4O2. The van der Waals surface area contributed by atoms with Crippen molar-refractivity contribution < 1.29 is 5.11 Å². The minimum absolute atomic E-state index is 0.131. The number of hydrogen-bond acceptors (Lipinski definition) is 5. The van der Waals surface area contributed by atoms with Crippen LogP contribution in [-0.2, 0) is 0 Å². The highest BCUT2D eigenvalue weighted by atomic mass is 79.9. The second-order valence-electron chi connectivity index (χ2n) is 3.36. The molecule has 0 aliphatic rings. The highest BCUT2D eigenvalue weighted by Gasteiger charge is 2.02. The third kappa shape index (κ3) is 2.75. The van der Waals surface area contributed by atoms with Crippen molar-refractivity contribution in [1.29, 1.82) is 0 Å². The number of nitrogens with zero attached hydrogens (tertiary/aromatic N) is 2. The summed E-state index contributed by atoms with van der Waals surface area (Å²) in [7, 11) is 0. The van der Waals surface area contributed by atoms with Gasteiger partial charge in [0.25, 0.3) is 5.56 Å². The quantitative estimate of drug-likeness (QED) is 0.594.